The highest BCUT2D eigenvalue weighted by Crippen LogP contribution is 2.24. The molecular weight excluding hydrogens is 248 g/mol. The molecule has 5 atom stereocenters. The van der Waals surface area contributed by atoms with Crippen molar-refractivity contribution < 1.29 is 42.9 Å². The molecule has 0 aromatic heterocycles. The summed E-state index contributed by atoms with van der Waals surface area (Å²) >= 11 is 0. The van der Waals surface area contributed by atoms with Crippen molar-refractivity contribution in [2.45, 2.75) is 29.9 Å². The highest BCUT2D eigenvalue weighted by molar-refractivity contribution is 7.86. The van der Waals surface area contributed by atoms with E-state index in [1.165, 1.54) is 0 Å². The van der Waals surface area contributed by atoms with E-state index >= 15 is 0 Å². The van der Waals surface area contributed by atoms with Gasteiger partial charge >= 0.3 is 5.97 Å². The van der Waals surface area contributed by atoms with Crippen LogP contribution < -0.4 is 0 Å². The molecule has 1 fully saturated rings. The standard InChI is InChI=1S/C6H10O9S/c7-1-2(8)4(16(12,13)14)6(11)15-3(1)5(9)10/h1-4,6-8,11H,(H,9,10)(H,12,13,14). The van der Waals surface area contributed by atoms with E-state index in [4.69, 9.17) is 14.8 Å². The molecule has 0 saturated carbocycles. The van der Waals surface area contributed by atoms with Gasteiger partial charge in [-0.3, -0.25) is 4.55 Å². The van der Waals surface area contributed by atoms with Gasteiger partial charge in [0.1, 0.15) is 12.2 Å². The van der Waals surface area contributed by atoms with E-state index in [0.29, 0.717) is 0 Å². The van der Waals surface area contributed by atoms with Gasteiger partial charge in [-0.05, 0) is 0 Å². The van der Waals surface area contributed by atoms with Crippen LogP contribution in [-0.4, -0.2) is 69.2 Å². The molecule has 10 heteroatoms. The summed E-state index contributed by atoms with van der Waals surface area (Å²) in [6.45, 7) is 0. The van der Waals surface area contributed by atoms with Crippen LogP contribution in [0.2, 0.25) is 0 Å². The van der Waals surface area contributed by atoms with Crippen molar-refractivity contribution in [3.63, 3.8) is 0 Å². The highest BCUT2D eigenvalue weighted by atomic mass is 32.2. The number of aliphatic hydroxyl groups is 3. The molecule has 5 N–H and O–H groups in total. The first kappa shape index (κ1) is 13.3. The molecule has 9 nitrogen and oxygen atoms in total. The van der Waals surface area contributed by atoms with E-state index in [-0.39, 0.29) is 0 Å². The molecule has 1 aliphatic heterocycles. The van der Waals surface area contributed by atoms with Crippen molar-refractivity contribution >= 4 is 16.1 Å². The van der Waals surface area contributed by atoms with E-state index < -0.39 is 45.9 Å². The van der Waals surface area contributed by atoms with Gasteiger partial charge in [0.25, 0.3) is 10.1 Å². The number of carbonyl (C=O) groups is 1. The Hall–Kier alpha value is -0.780. The van der Waals surface area contributed by atoms with Gasteiger partial charge in [0.05, 0.1) is 0 Å². The zero-order valence-electron chi connectivity index (χ0n) is 7.66. The monoisotopic (exact) mass is 258 g/mol. The van der Waals surface area contributed by atoms with Crippen molar-refractivity contribution in [2.75, 3.05) is 0 Å². The molecule has 0 bridgehead atoms. The second-order valence-corrected chi connectivity index (χ2v) is 4.82. The summed E-state index contributed by atoms with van der Waals surface area (Å²) in [6, 6.07) is 0. The number of carboxylic acid groups (broad SMARTS) is 1. The molecule has 0 aromatic rings. The minimum absolute atomic E-state index is 1.68. The minimum atomic E-state index is -4.88. The third kappa shape index (κ3) is 2.31. The van der Waals surface area contributed by atoms with Crippen LogP contribution in [0.4, 0.5) is 0 Å². The van der Waals surface area contributed by atoms with Gasteiger partial charge in [-0.15, -0.1) is 0 Å². The third-order valence-corrected chi connectivity index (χ3v) is 3.35. The SMILES string of the molecule is O=C(O)C1OC(O)C(S(=O)(=O)O)C(O)C1O. The number of ether oxygens (including phenoxy) is 1. The van der Waals surface area contributed by atoms with Crippen LogP contribution in [-0.2, 0) is 19.6 Å². The number of hydrogen-bond donors (Lipinski definition) is 5. The molecule has 0 radical (unpaired) electrons. The fourth-order valence-electron chi connectivity index (χ4n) is 1.38. The Kier molecular flexibility index (Phi) is 3.52. The van der Waals surface area contributed by atoms with Gasteiger partial charge in [0, 0.05) is 0 Å². The van der Waals surface area contributed by atoms with Crippen LogP contribution in [0.1, 0.15) is 0 Å². The molecule has 94 valence electrons. The number of rotatable bonds is 2. The molecular formula is C6H10O9S. The van der Waals surface area contributed by atoms with E-state index in [0.717, 1.165) is 0 Å². The zero-order valence-corrected chi connectivity index (χ0v) is 8.48. The van der Waals surface area contributed by atoms with Gasteiger partial charge in [-0.25, -0.2) is 4.79 Å². The Labute approximate surface area is 89.6 Å². The van der Waals surface area contributed by atoms with E-state index in [9.17, 15) is 23.4 Å². The summed E-state index contributed by atoms with van der Waals surface area (Å²) in [6.07, 6.45) is -8.45. The van der Waals surface area contributed by atoms with E-state index in [1.807, 2.05) is 0 Å². The maximum absolute atomic E-state index is 10.7. The van der Waals surface area contributed by atoms with Crippen LogP contribution in [0.5, 0.6) is 0 Å². The first-order valence-corrected chi connectivity index (χ1v) is 5.55. The van der Waals surface area contributed by atoms with Crippen LogP contribution in [0, 0.1) is 0 Å². The summed E-state index contributed by atoms with van der Waals surface area (Å²) < 4.78 is 34.4. The Morgan fingerprint density at radius 3 is 2.00 bits per heavy atom. The van der Waals surface area contributed by atoms with Gasteiger partial charge in [-0.1, -0.05) is 0 Å². The Bertz CT molecular complexity index is 375. The fourth-order valence-corrected chi connectivity index (χ4v) is 2.25. The molecule has 0 aromatic carbocycles. The number of aliphatic hydroxyl groups excluding tert-OH is 3. The van der Waals surface area contributed by atoms with Gasteiger partial charge in [-0.2, -0.15) is 8.42 Å². The quantitative estimate of drug-likeness (QED) is 0.320. The molecule has 1 saturated heterocycles. The second kappa shape index (κ2) is 4.24. The van der Waals surface area contributed by atoms with E-state index in [2.05, 4.69) is 4.74 Å². The summed E-state index contributed by atoms with van der Waals surface area (Å²) in [5.41, 5.74) is 0. The van der Waals surface area contributed by atoms with E-state index in [1.54, 1.807) is 0 Å². The lowest BCUT2D eigenvalue weighted by atomic mass is 10.0. The maximum atomic E-state index is 10.7. The van der Waals surface area contributed by atoms with Crippen molar-refractivity contribution in [1.29, 1.82) is 0 Å². The largest absolute Gasteiger partial charge is 0.479 e. The van der Waals surface area contributed by atoms with Crippen LogP contribution in [0.15, 0.2) is 0 Å². The smallest absolute Gasteiger partial charge is 0.335 e. The van der Waals surface area contributed by atoms with Gasteiger partial charge in [0.15, 0.2) is 17.6 Å². The summed E-state index contributed by atoms with van der Waals surface area (Å²) in [4.78, 5) is 10.5. The predicted molar refractivity (Wildman–Crippen MR) is 45.9 cm³/mol. The molecule has 0 spiro atoms. The molecule has 0 aliphatic carbocycles. The fraction of sp³-hybridized carbons (Fsp3) is 0.833. The predicted octanol–water partition coefficient (Wildman–Crippen LogP) is -3.23. The summed E-state index contributed by atoms with van der Waals surface area (Å²) in [7, 11) is -4.88. The molecule has 1 aliphatic rings. The Morgan fingerprint density at radius 2 is 1.62 bits per heavy atom. The lowest BCUT2D eigenvalue weighted by Gasteiger charge is -2.37. The third-order valence-electron chi connectivity index (χ3n) is 2.15. The topological polar surface area (TPSA) is 162 Å². The van der Waals surface area contributed by atoms with Gasteiger partial charge < -0.3 is 25.2 Å². The molecule has 1 rings (SSSR count). The average Bonchev–Trinajstić information content (AvgIpc) is 2.08. The number of aliphatic carboxylic acids is 1. The van der Waals surface area contributed by atoms with Crippen LogP contribution in [0.3, 0.4) is 0 Å². The summed E-state index contributed by atoms with van der Waals surface area (Å²) in [5, 5.41) is 33.9. The normalized spacial score (nSPS) is 40.6. The van der Waals surface area contributed by atoms with Crippen molar-refractivity contribution in [2.24, 2.45) is 0 Å². The molecule has 1 heterocycles. The summed E-state index contributed by atoms with van der Waals surface area (Å²) in [5.74, 6) is -1.68. The zero-order chi connectivity index (χ0) is 12.7. The molecule has 16 heavy (non-hydrogen) atoms. The van der Waals surface area contributed by atoms with Crippen molar-refractivity contribution in [3.05, 3.63) is 0 Å². The second-order valence-electron chi connectivity index (χ2n) is 3.25. The number of carboxylic acids is 1. The minimum Gasteiger partial charge on any atom is -0.479 e. The average molecular weight is 258 g/mol. The highest BCUT2D eigenvalue weighted by Gasteiger charge is 2.52. The van der Waals surface area contributed by atoms with Gasteiger partial charge in [0.2, 0.25) is 0 Å². The van der Waals surface area contributed by atoms with Crippen molar-refractivity contribution in [3.8, 4) is 0 Å². The molecule has 5 unspecified atom stereocenters. The van der Waals surface area contributed by atoms with Crippen molar-refractivity contribution in [1.82, 2.24) is 0 Å². The Balaban J connectivity index is 3.02. The Morgan fingerprint density at radius 1 is 1.12 bits per heavy atom. The molecule has 0 amide bonds. The van der Waals surface area contributed by atoms with Crippen LogP contribution in [0.25, 0.3) is 0 Å². The first-order chi connectivity index (χ1) is 7.16. The first-order valence-electron chi connectivity index (χ1n) is 4.05. The number of hydrogen-bond acceptors (Lipinski definition) is 7. The maximum Gasteiger partial charge on any atom is 0.335 e. The lowest BCUT2D eigenvalue weighted by molar-refractivity contribution is -0.234. The lowest BCUT2D eigenvalue weighted by Crippen LogP contribution is -2.61. The van der Waals surface area contributed by atoms with Crippen LogP contribution >= 0.6 is 0 Å².